The Bertz CT molecular complexity index is 276. The summed E-state index contributed by atoms with van der Waals surface area (Å²) in [5, 5.41) is 3.23. The van der Waals surface area contributed by atoms with Crippen molar-refractivity contribution in [1.82, 2.24) is 5.32 Å². The van der Waals surface area contributed by atoms with Crippen LogP contribution >= 0.6 is 0 Å². The lowest BCUT2D eigenvalue weighted by Gasteiger charge is -2.28. The molecule has 0 saturated carbocycles. The lowest BCUT2D eigenvalue weighted by atomic mass is 9.98. The highest BCUT2D eigenvalue weighted by Gasteiger charge is 2.33. The van der Waals surface area contributed by atoms with Gasteiger partial charge >= 0.3 is 5.97 Å². The number of ether oxygens (including phenoxy) is 3. The summed E-state index contributed by atoms with van der Waals surface area (Å²) in [6.07, 6.45) is 1.54. The van der Waals surface area contributed by atoms with Crippen LogP contribution < -0.4 is 5.32 Å². The van der Waals surface area contributed by atoms with Crippen LogP contribution in [0.3, 0.4) is 0 Å². The summed E-state index contributed by atoms with van der Waals surface area (Å²) >= 11 is 0. The van der Waals surface area contributed by atoms with E-state index in [1.165, 1.54) is 7.11 Å². The van der Waals surface area contributed by atoms with Gasteiger partial charge in [-0.2, -0.15) is 0 Å². The molecule has 0 bridgehead atoms. The summed E-state index contributed by atoms with van der Waals surface area (Å²) in [4.78, 5) is 11.8. The predicted octanol–water partition coefficient (Wildman–Crippen LogP) is 2.14. The van der Waals surface area contributed by atoms with Gasteiger partial charge in [-0.15, -0.1) is 0 Å². The van der Waals surface area contributed by atoms with Gasteiger partial charge in [0.1, 0.15) is 5.54 Å². The Kier molecular flexibility index (Phi) is 9.01. The normalized spacial score (nSPS) is 14.9. The van der Waals surface area contributed by atoms with Gasteiger partial charge in [0.25, 0.3) is 0 Å². The van der Waals surface area contributed by atoms with Crippen LogP contribution in [0.15, 0.2) is 0 Å². The molecule has 1 unspecified atom stereocenters. The summed E-state index contributed by atoms with van der Waals surface area (Å²) in [5.41, 5.74) is -0.831. The van der Waals surface area contributed by atoms with Gasteiger partial charge in [0.15, 0.2) is 0 Å². The largest absolute Gasteiger partial charge is 0.468 e. The van der Waals surface area contributed by atoms with Crippen LogP contribution in [0.25, 0.3) is 0 Å². The number of hydrogen-bond donors (Lipinski definition) is 1. The second-order valence-electron chi connectivity index (χ2n) is 6.07. The number of nitrogens with one attached hydrogen (secondary N) is 1. The zero-order chi connectivity index (χ0) is 15.6. The van der Waals surface area contributed by atoms with Crippen molar-refractivity contribution in [1.29, 1.82) is 0 Å². The Morgan fingerprint density at radius 3 is 2.25 bits per heavy atom. The van der Waals surface area contributed by atoms with E-state index in [4.69, 9.17) is 14.2 Å². The lowest BCUT2D eigenvalue weighted by molar-refractivity contribution is -0.148. The first-order valence-corrected chi connectivity index (χ1v) is 7.30. The zero-order valence-electron chi connectivity index (χ0n) is 13.9. The summed E-state index contributed by atoms with van der Waals surface area (Å²) in [5.74, 6) is -0.250. The number of carbonyl (C=O) groups excluding carboxylic acids is 1. The van der Waals surface area contributed by atoms with Gasteiger partial charge in [0.2, 0.25) is 0 Å². The van der Waals surface area contributed by atoms with Crippen molar-refractivity contribution < 1.29 is 19.0 Å². The van der Waals surface area contributed by atoms with Crippen LogP contribution in [0.4, 0.5) is 0 Å². The lowest BCUT2D eigenvalue weighted by Crippen LogP contribution is -2.51. The van der Waals surface area contributed by atoms with Gasteiger partial charge < -0.3 is 19.5 Å². The topological polar surface area (TPSA) is 56.8 Å². The molecule has 5 nitrogen and oxygen atoms in total. The molecular formula is C15H31NO4. The van der Waals surface area contributed by atoms with Crippen molar-refractivity contribution in [2.75, 3.05) is 33.5 Å². The van der Waals surface area contributed by atoms with Gasteiger partial charge in [0.05, 0.1) is 25.9 Å². The fraction of sp³-hybridized carbons (Fsp3) is 0.933. The number of carbonyl (C=O) groups is 1. The molecule has 120 valence electrons. The van der Waals surface area contributed by atoms with Crippen LogP contribution in [-0.2, 0) is 19.0 Å². The van der Waals surface area contributed by atoms with E-state index >= 15 is 0 Å². The summed E-state index contributed by atoms with van der Waals surface area (Å²) in [6.45, 7) is 12.3. The third kappa shape index (κ3) is 8.51. The fourth-order valence-corrected chi connectivity index (χ4v) is 1.67. The Morgan fingerprint density at radius 1 is 1.10 bits per heavy atom. The Labute approximate surface area is 123 Å². The van der Waals surface area contributed by atoms with E-state index in [0.717, 1.165) is 13.0 Å². The molecule has 0 saturated heterocycles. The highest BCUT2D eigenvalue weighted by atomic mass is 16.5. The highest BCUT2D eigenvalue weighted by molar-refractivity contribution is 5.80. The van der Waals surface area contributed by atoms with Gasteiger partial charge in [-0.25, -0.2) is 0 Å². The molecule has 20 heavy (non-hydrogen) atoms. The fourth-order valence-electron chi connectivity index (χ4n) is 1.67. The van der Waals surface area contributed by atoms with E-state index in [0.29, 0.717) is 26.2 Å². The van der Waals surface area contributed by atoms with E-state index in [9.17, 15) is 4.79 Å². The van der Waals surface area contributed by atoms with Crippen LogP contribution in [0.5, 0.6) is 0 Å². The third-order valence-electron chi connectivity index (χ3n) is 2.91. The first kappa shape index (κ1) is 19.4. The molecule has 0 amide bonds. The van der Waals surface area contributed by atoms with Crippen LogP contribution in [-0.4, -0.2) is 50.6 Å². The maximum Gasteiger partial charge on any atom is 0.325 e. The maximum atomic E-state index is 11.8. The minimum atomic E-state index is -0.685. The smallest absolute Gasteiger partial charge is 0.325 e. The van der Waals surface area contributed by atoms with Gasteiger partial charge in [-0.3, -0.25) is 4.79 Å². The summed E-state index contributed by atoms with van der Waals surface area (Å²) < 4.78 is 15.9. The van der Waals surface area contributed by atoms with Crippen LogP contribution in [0.2, 0.25) is 0 Å². The van der Waals surface area contributed by atoms with Gasteiger partial charge in [-0.1, -0.05) is 6.92 Å². The molecule has 0 aromatic carbocycles. The van der Waals surface area contributed by atoms with E-state index in [1.807, 2.05) is 27.7 Å². The molecule has 1 N–H and O–H groups in total. The first-order chi connectivity index (χ1) is 9.25. The van der Waals surface area contributed by atoms with Crippen molar-refractivity contribution in [3.05, 3.63) is 0 Å². The molecule has 1 atom stereocenters. The van der Waals surface area contributed by atoms with E-state index < -0.39 is 5.54 Å². The zero-order valence-corrected chi connectivity index (χ0v) is 13.9. The predicted molar refractivity (Wildman–Crippen MR) is 79.9 cm³/mol. The van der Waals surface area contributed by atoms with Crippen molar-refractivity contribution in [2.45, 2.75) is 58.6 Å². The maximum absolute atomic E-state index is 11.8. The molecule has 0 radical (unpaired) electrons. The molecular weight excluding hydrogens is 258 g/mol. The Morgan fingerprint density at radius 2 is 1.75 bits per heavy atom. The molecule has 0 aromatic rings. The van der Waals surface area contributed by atoms with Crippen molar-refractivity contribution in [2.24, 2.45) is 0 Å². The summed E-state index contributed by atoms with van der Waals surface area (Å²) in [7, 11) is 1.41. The van der Waals surface area contributed by atoms with E-state index in [1.54, 1.807) is 0 Å². The SMILES string of the molecule is CCCNC(C)(CCOCCOC(C)(C)C)C(=O)OC. The molecule has 0 spiro atoms. The Balaban J connectivity index is 4.00. The Hall–Kier alpha value is -0.650. The average Bonchev–Trinajstić information content (AvgIpc) is 2.38. The monoisotopic (exact) mass is 289 g/mol. The third-order valence-corrected chi connectivity index (χ3v) is 2.91. The minimum absolute atomic E-state index is 0.146. The number of rotatable bonds is 10. The first-order valence-electron chi connectivity index (χ1n) is 7.30. The second kappa shape index (κ2) is 9.32. The van der Waals surface area contributed by atoms with Crippen LogP contribution in [0, 0.1) is 0 Å². The molecule has 0 rings (SSSR count). The standard InChI is InChI=1S/C15H31NO4/c1-7-9-16-15(5,13(17)18-6)8-10-19-11-12-20-14(2,3)4/h16H,7-12H2,1-6H3. The van der Waals surface area contributed by atoms with Crippen molar-refractivity contribution in [3.8, 4) is 0 Å². The number of hydrogen-bond acceptors (Lipinski definition) is 5. The minimum Gasteiger partial charge on any atom is -0.468 e. The molecule has 0 aliphatic rings. The second-order valence-corrected chi connectivity index (χ2v) is 6.07. The quantitative estimate of drug-likeness (QED) is 0.493. The van der Waals surface area contributed by atoms with E-state index in [-0.39, 0.29) is 11.6 Å². The average molecular weight is 289 g/mol. The van der Waals surface area contributed by atoms with Gasteiger partial charge in [-0.05, 0) is 47.1 Å². The summed E-state index contributed by atoms with van der Waals surface area (Å²) in [6, 6.07) is 0. The molecule has 0 heterocycles. The van der Waals surface area contributed by atoms with Gasteiger partial charge in [0, 0.05) is 6.61 Å². The van der Waals surface area contributed by atoms with Crippen molar-refractivity contribution in [3.63, 3.8) is 0 Å². The van der Waals surface area contributed by atoms with Crippen molar-refractivity contribution >= 4 is 5.97 Å². The van der Waals surface area contributed by atoms with E-state index in [2.05, 4.69) is 12.2 Å². The van der Waals surface area contributed by atoms with Crippen LogP contribution in [0.1, 0.15) is 47.5 Å². The molecule has 0 aliphatic heterocycles. The number of esters is 1. The molecule has 0 fully saturated rings. The highest BCUT2D eigenvalue weighted by Crippen LogP contribution is 2.12. The molecule has 5 heteroatoms. The molecule has 0 aliphatic carbocycles. The number of methoxy groups -OCH3 is 1. The molecule has 0 aromatic heterocycles.